The third-order valence-electron chi connectivity index (χ3n) is 3.87. The number of thioether (sulfide) groups is 1. The summed E-state index contributed by atoms with van der Waals surface area (Å²) in [5.41, 5.74) is -0.562. The first-order chi connectivity index (χ1) is 13.7. The number of hydrogen-bond donors (Lipinski definition) is 1. The van der Waals surface area contributed by atoms with E-state index in [1.807, 2.05) is 0 Å². The first kappa shape index (κ1) is 20.1. The number of carboxylic acid groups (broad SMARTS) is 1. The molecule has 2 aromatic rings. The van der Waals surface area contributed by atoms with Gasteiger partial charge < -0.3 is 5.11 Å². The van der Waals surface area contributed by atoms with E-state index in [1.165, 1.54) is 41.3 Å². The van der Waals surface area contributed by atoms with Gasteiger partial charge in [0, 0.05) is 6.07 Å². The number of aromatic carboxylic acids is 1. The summed E-state index contributed by atoms with van der Waals surface area (Å²) in [6.45, 7) is 0. The Kier molecular flexibility index (Phi) is 5.39. The number of nitro groups is 2. The number of carboxylic acids is 1. The van der Waals surface area contributed by atoms with Crippen LogP contribution in [0, 0.1) is 20.2 Å². The standard InChI is InChI=1S/C17H9N3O7S2/c21-15-14(7-10-3-6-12(19(24)25)8-13(10)20(26)27)29-17(28)18(15)11-4-1-9(2-5-11)16(22)23/h1-8H,(H,22,23)/b14-7-. The van der Waals surface area contributed by atoms with Gasteiger partial charge in [0.25, 0.3) is 17.3 Å². The Morgan fingerprint density at radius 2 is 1.76 bits per heavy atom. The molecule has 12 heteroatoms. The van der Waals surface area contributed by atoms with Gasteiger partial charge in [-0.3, -0.25) is 29.9 Å². The Morgan fingerprint density at radius 1 is 1.10 bits per heavy atom. The number of nitrogens with zero attached hydrogens (tertiary/aromatic N) is 3. The summed E-state index contributed by atoms with van der Waals surface area (Å²) in [6, 6.07) is 8.59. The van der Waals surface area contributed by atoms with E-state index in [2.05, 4.69) is 0 Å². The Morgan fingerprint density at radius 3 is 2.31 bits per heavy atom. The summed E-state index contributed by atoms with van der Waals surface area (Å²) in [6.07, 6.45) is 1.24. The Hall–Kier alpha value is -3.64. The van der Waals surface area contributed by atoms with Crippen LogP contribution >= 0.6 is 24.0 Å². The van der Waals surface area contributed by atoms with Gasteiger partial charge in [0.2, 0.25) is 0 Å². The second-order valence-electron chi connectivity index (χ2n) is 5.63. The second kappa shape index (κ2) is 7.77. The van der Waals surface area contributed by atoms with Crippen molar-refractivity contribution in [1.29, 1.82) is 0 Å². The fourth-order valence-corrected chi connectivity index (χ4v) is 3.80. The van der Waals surface area contributed by atoms with Crippen LogP contribution in [-0.4, -0.2) is 31.2 Å². The normalized spacial score (nSPS) is 15.0. The maximum atomic E-state index is 12.8. The zero-order chi connectivity index (χ0) is 21.3. The highest BCUT2D eigenvalue weighted by molar-refractivity contribution is 8.27. The first-order valence-corrected chi connectivity index (χ1v) is 8.95. The van der Waals surface area contributed by atoms with Gasteiger partial charge >= 0.3 is 5.97 Å². The van der Waals surface area contributed by atoms with Crippen molar-refractivity contribution in [3.05, 3.63) is 78.7 Å². The number of carbonyl (C=O) groups excluding carboxylic acids is 1. The molecule has 29 heavy (non-hydrogen) atoms. The molecule has 1 aliphatic rings. The SMILES string of the molecule is O=C(O)c1ccc(N2C(=O)/C(=C/c3ccc([N+](=O)[O-])cc3[N+](=O)[O-])SC2=S)cc1. The van der Waals surface area contributed by atoms with E-state index in [9.17, 15) is 29.8 Å². The molecule has 1 amide bonds. The van der Waals surface area contributed by atoms with Crippen LogP contribution in [0.25, 0.3) is 6.08 Å². The number of amides is 1. The van der Waals surface area contributed by atoms with Gasteiger partial charge in [0.15, 0.2) is 4.32 Å². The van der Waals surface area contributed by atoms with Crippen molar-refractivity contribution in [2.24, 2.45) is 0 Å². The third kappa shape index (κ3) is 3.97. The van der Waals surface area contributed by atoms with Gasteiger partial charge in [-0.1, -0.05) is 24.0 Å². The van der Waals surface area contributed by atoms with Crippen LogP contribution in [-0.2, 0) is 4.79 Å². The molecule has 146 valence electrons. The minimum absolute atomic E-state index is 0.0160. The molecule has 0 aliphatic carbocycles. The molecule has 0 bridgehead atoms. The van der Waals surface area contributed by atoms with E-state index in [0.717, 1.165) is 23.9 Å². The molecule has 0 aromatic heterocycles. The van der Waals surface area contributed by atoms with Crippen molar-refractivity contribution in [3.63, 3.8) is 0 Å². The molecule has 0 saturated carbocycles. The van der Waals surface area contributed by atoms with Crippen molar-refractivity contribution in [2.45, 2.75) is 0 Å². The van der Waals surface area contributed by atoms with Gasteiger partial charge in [-0.25, -0.2) is 4.79 Å². The monoisotopic (exact) mass is 431 g/mol. The van der Waals surface area contributed by atoms with Crippen molar-refractivity contribution >= 4 is 63.3 Å². The summed E-state index contributed by atoms with van der Waals surface area (Å²) >= 11 is 6.11. The average Bonchev–Trinajstić information content (AvgIpc) is 2.95. The van der Waals surface area contributed by atoms with E-state index in [1.54, 1.807) is 0 Å². The van der Waals surface area contributed by atoms with Crippen molar-refractivity contribution in [1.82, 2.24) is 0 Å². The lowest BCUT2D eigenvalue weighted by atomic mass is 10.1. The average molecular weight is 431 g/mol. The van der Waals surface area contributed by atoms with E-state index < -0.39 is 33.1 Å². The Balaban J connectivity index is 1.97. The molecule has 0 radical (unpaired) electrons. The molecule has 3 rings (SSSR count). The number of non-ortho nitro benzene ring substituents is 1. The van der Waals surface area contributed by atoms with E-state index in [-0.39, 0.29) is 20.4 Å². The lowest BCUT2D eigenvalue weighted by Gasteiger charge is -2.14. The molecule has 10 nitrogen and oxygen atoms in total. The molecule has 1 aliphatic heterocycles. The van der Waals surface area contributed by atoms with Crippen LogP contribution in [0.2, 0.25) is 0 Å². The van der Waals surface area contributed by atoms with Crippen LogP contribution in [0.5, 0.6) is 0 Å². The minimum atomic E-state index is -1.12. The van der Waals surface area contributed by atoms with Crippen LogP contribution < -0.4 is 4.90 Å². The number of nitro benzene ring substituents is 2. The van der Waals surface area contributed by atoms with Crippen LogP contribution in [0.3, 0.4) is 0 Å². The fraction of sp³-hybridized carbons (Fsp3) is 0. The summed E-state index contributed by atoms with van der Waals surface area (Å²) in [5, 5.41) is 31.1. The summed E-state index contributed by atoms with van der Waals surface area (Å²) in [7, 11) is 0. The number of hydrogen-bond acceptors (Lipinski definition) is 8. The molecule has 0 spiro atoms. The van der Waals surface area contributed by atoms with Crippen LogP contribution in [0.1, 0.15) is 15.9 Å². The van der Waals surface area contributed by atoms with Gasteiger partial charge in [-0.05, 0) is 36.4 Å². The fourth-order valence-electron chi connectivity index (χ4n) is 2.51. The lowest BCUT2D eigenvalue weighted by Crippen LogP contribution is -2.27. The van der Waals surface area contributed by atoms with Crippen LogP contribution in [0.15, 0.2) is 47.4 Å². The topological polar surface area (TPSA) is 144 Å². The highest BCUT2D eigenvalue weighted by Gasteiger charge is 2.34. The number of thiocarbonyl (C=S) groups is 1. The lowest BCUT2D eigenvalue weighted by molar-refractivity contribution is -0.394. The van der Waals surface area contributed by atoms with Crippen LogP contribution in [0.4, 0.5) is 17.1 Å². The van der Waals surface area contributed by atoms with Crippen molar-refractivity contribution < 1.29 is 24.5 Å². The second-order valence-corrected chi connectivity index (χ2v) is 7.30. The number of carbonyl (C=O) groups is 2. The third-order valence-corrected chi connectivity index (χ3v) is 5.18. The molecular weight excluding hydrogens is 422 g/mol. The first-order valence-electron chi connectivity index (χ1n) is 7.73. The quantitative estimate of drug-likeness (QED) is 0.325. The van der Waals surface area contributed by atoms with E-state index in [4.69, 9.17) is 17.3 Å². The summed E-state index contributed by atoms with van der Waals surface area (Å²) < 4.78 is 0.161. The predicted molar refractivity (Wildman–Crippen MR) is 109 cm³/mol. The van der Waals surface area contributed by atoms with Gasteiger partial charge in [0.05, 0.1) is 37.6 Å². The molecule has 1 heterocycles. The highest BCUT2D eigenvalue weighted by atomic mass is 32.2. The Bertz CT molecular complexity index is 1110. The zero-order valence-corrected chi connectivity index (χ0v) is 15.8. The molecule has 1 saturated heterocycles. The molecule has 1 fully saturated rings. The van der Waals surface area contributed by atoms with Gasteiger partial charge in [0.1, 0.15) is 0 Å². The number of rotatable bonds is 5. The summed E-state index contributed by atoms with van der Waals surface area (Å²) in [5.74, 6) is -1.66. The number of anilines is 1. The van der Waals surface area contributed by atoms with Gasteiger partial charge in [-0.15, -0.1) is 0 Å². The van der Waals surface area contributed by atoms with Crippen molar-refractivity contribution in [2.75, 3.05) is 4.90 Å². The maximum absolute atomic E-state index is 12.8. The largest absolute Gasteiger partial charge is 0.478 e. The smallest absolute Gasteiger partial charge is 0.335 e. The highest BCUT2D eigenvalue weighted by Crippen LogP contribution is 2.37. The number of benzene rings is 2. The molecule has 0 atom stereocenters. The molecular formula is C17H9N3O7S2. The zero-order valence-electron chi connectivity index (χ0n) is 14.2. The molecule has 0 unspecified atom stereocenters. The van der Waals surface area contributed by atoms with E-state index in [0.29, 0.717) is 5.69 Å². The van der Waals surface area contributed by atoms with Crippen molar-refractivity contribution in [3.8, 4) is 0 Å². The molecule has 1 N–H and O–H groups in total. The molecule has 2 aromatic carbocycles. The Labute approximate surface area is 171 Å². The summed E-state index contributed by atoms with van der Waals surface area (Å²) in [4.78, 5) is 45.6. The predicted octanol–water partition coefficient (Wildman–Crippen LogP) is 3.61. The van der Waals surface area contributed by atoms with Gasteiger partial charge in [-0.2, -0.15) is 0 Å². The maximum Gasteiger partial charge on any atom is 0.335 e. The van der Waals surface area contributed by atoms with E-state index >= 15 is 0 Å². The minimum Gasteiger partial charge on any atom is -0.478 e.